The van der Waals surface area contributed by atoms with Gasteiger partial charge >= 0.3 is 17.9 Å². The molecule has 0 spiro atoms. The van der Waals surface area contributed by atoms with E-state index in [-0.39, 0.29) is 0 Å². The summed E-state index contributed by atoms with van der Waals surface area (Å²) < 4.78 is 0. The lowest BCUT2D eigenvalue weighted by molar-refractivity contribution is -0.221. The molecule has 2 saturated heterocycles. The lowest BCUT2D eigenvalue weighted by Crippen LogP contribution is -2.68. The Morgan fingerprint density at radius 1 is 1.53 bits per heavy atom. The molecule has 0 saturated carbocycles. The molecule has 82 valence electrons. The largest absolute Gasteiger partial charge is 0.421 e. The average molecular weight is 214 g/mol. The van der Waals surface area contributed by atoms with Crippen molar-refractivity contribution >= 4 is 17.9 Å². The number of amides is 3. The lowest BCUT2D eigenvalue weighted by Gasteiger charge is -2.42. The number of fused-ring (bicyclic) bond motifs is 1. The standard InChI is InChI=1S/C7H10N4O4/c8-7(14)11-4-3-9-1-2-10(4)5(12)6(13)15-11/h4,9H,1-3H2,(H2,8,14). The summed E-state index contributed by atoms with van der Waals surface area (Å²) in [7, 11) is 0. The van der Waals surface area contributed by atoms with Crippen LogP contribution in [0.25, 0.3) is 0 Å². The van der Waals surface area contributed by atoms with Gasteiger partial charge in [0.15, 0.2) is 6.17 Å². The molecule has 8 heteroatoms. The number of hydrogen-bond donors (Lipinski definition) is 2. The Balaban J connectivity index is 2.25. The minimum Gasteiger partial charge on any atom is -0.349 e. The Hall–Kier alpha value is -1.83. The molecule has 0 aromatic rings. The second kappa shape index (κ2) is 3.39. The van der Waals surface area contributed by atoms with E-state index in [1.54, 1.807) is 0 Å². The maximum Gasteiger partial charge on any atom is 0.421 e. The maximum atomic E-state index is 11.4. The van der Waals surface area contributed by atoms with E-state index in [4.69, 9.17) is 5.73 Å². The van der Waals surface area contributed by atoms with Crippen LogP contribution in [-0.4, -0.2) is 53.7 Å². The smallest absolute Gasteiger partial charge is 0.349 e. The first-order valence-corrected chi connectivity index (χ1v) is 4.43. The first-order valence-electron chi connectivity index (χ1n) is 4.43. The van der Waals surface area contributed by atoms with Gasteiger partial charge in [0.25, 0.3) is 0 Å². The number of piperazine rings is 1. The molecule has 2 aliphatic rings. The molecule has 8 nitrogen and oxygen atoms in total. The van der Waals surface area contributed by atoms with E-state index in [9.17, 15) is 14.4 Å². The number of primary amides is 1. The Bertz CT molecular complexity index is 329. The summed E-state index contributed by atoms with van der Waals surface area (Å²) in [6.45, 7) is 1.26. The third-order valence-electron chi connectivity index (χ3n) is 2.32. The molecule has 1 unspecified atom stereocenters. The maximum absolute atomic E-state index is 11.4. The van der Waals surface area contributed by atoms with Gasteiger partial charge in [-0.3, -0.25) is 4.79 Å². The molecule has 0 aliphatic carbocycles. The van der Waals surface area contributed by atoms with Crippen molar-refractivity contribution in [1.29, 1.82) is 0 Å². The highest BCUT2D eigenvalue weighted by molar-refractivity contribution is 6.33. The van der Waals surface area contributed by atoms with E-state index >= 15 is 0 Å². The van der Waals surface area contributed by atoms with Crippen molar-refractivity contribution in [3.63, 3.8) is 0 Å². The summed E-state index contributed by atoms with van der Waals surface area (Å²) in [4.78, 5) is 39.2. The van der Waals surface area contributed by atoms with Crippen molar-refractivity contribution in [2.24, 2.45) is 5.73 Å². The van der Waals surface area contributed by atoms with Gasteiger partial charge in [-0.15, -0.1) is 5.06 Å². The highest BCUT2D eigenvalue weighted by atomic mass is 16.7. The van der Waals surface area contributed by atoms with Gasteiger partial charge in [0.2, 0.25) is 0 Å². The lowest BCUT2D eigenvalue weighted by atomic mass is 10.2. The van der Waals surface area contributed by atoms with Gasteiger partial charge in [-0.1, -0.05) is 0 Å². The third-order valence-corrected chi connectivity index (χ3v) is 2.32. The van der Waals surface area contributed by atoms with Crippen LogP contribution in [0.1, 0.15) is 0 Å². The molecule has 2 aliphatic heterocycles. The molecule has 0 aromatic heterocycles. The Morgan fingerprint density at radius 2 is 2.27 bits per heavy atom. The SMILES string of the molecule is NC(=O)N1OC(=O)C(=O)N2CCNCC21. The molecule has 1 atom stereocenters. The summed E-state index contributed by atoms with van der Waals surface area (Å²) in [6.07, 6.45) is -0.638. The highest BCUT2D eigenvalue weighted by Gasteiger charge is 2.44. The summed E-state index contributed by atoms with van der Waals surface area (Å²) in [5.41, 5.74) is 5.03. The van der Waals surface area contributed by atoms with Gasteiger partial charge in [-0.05, 0) is 0 Å². The number of carbonyl (C=O) groups excluding carboxylic acids is 3. The highest BCUT2D eigenvalue weighted by Crippen LogP contribution is 2.15. The number of nitrogens with zero attached hydrogens (tertiary/aromatic N) is 2. The van der Waals surface area contributed by atoms with E-state index in [1.807, 2.05) is 0 Å². The molecule has 2 fully saturated rings. The van der Waals surface area contributed by atoms with Crippen LogP contribution in [-0.2, 0) is 14.4 Å². The summed E-state index contributed by atoms with van der Waals surface area (Å²) in [5, 5.41) is 3.69. The number of hydroxylamine groups is 2. The number of rotatable bonds is 0. The van der Waals surface area contributed by atoms with Crippen molar-refractivity contribution in [2.75, 3.05) is 19.6 Å². The quantitative estimate of drug-likeness (QED) is 0.437. The molecule has 0 bridgehead atoms. The van der Waals surface area contributed by atoms with Crippen molar-refractivity contribution in [2.45, 2.75) is 6.17 Å². The summed E-state index contributed by atoms with van der Waals surface area (Å²) >= 11 is 0. The van der Waals surface area contributed by atoms with Gasteiger partial charge in [0.05, 0.1) is 0 Å². The summed E-state index contributed by atoms with van der Waals surface area (Å²) in [6, 6.07) is -0.894. The van der Waals surface area contributed by atoms with Gasteiger partial charge in [0.1, 0.15) is 0 Å². The number of nitrogens with one attached hydrogen (secondary N) is 1. The molecule has 2 rings (SSSR count). The minimum atomic E-state index is -1.08. The first-order chi connectivity index (χ1) is 7.11. The number of hydrogen-bond acceptors (Lipinski definition) is 5. The van der Waals surface area contributed by atoms with Crippen LogP contribution in [0.5, 0.6) is 0 Å². The van der Waals surface area contributed by atoms with Crippen molar-refractivity contribution < 1.29 is 19.2 Å². The van der Waals surface area contributed by atoms with Crippen LogP contribution < -0.4 is 11.1 Å². The zero-order chi connectivity index (χ0) is 11.0. The molecule has 0 aromatic carbocycles. The molecule has 3 N–H and O–H groups in total. The van der Waals surface area contributed by atoms with Gasteiger partial charge in [0, 0.05) is 19.6 Å². The number of urea groups is 1. The molecule has 15 heavy (non-hydrogen) atoms. The van der Waals surface area contributed by atoms with Crippen molar-refractivity contribution in [3.05, 3.63) is 0 Å². The second-order valence-corrected chi connectivity index (χ2v) is 3.23. The van der Waals surface area contributed by atoms with Crippen LogP contribution in [0.15, 0.2) is 0 Å². The predicted octanol–water partition coefficient (Wildman–Crippen LogP) is -2.40. The number of carbonyl (C=O) groups is 3. The monoisotopic (exact) mass is 214 g/mol. The van der Waals surface area contributed by atoms with Gasteiger partial charge in [-0.25, -0.2) is 9.59 Å². The molecule has 3 amide bonds. The molecule has 0 radical (unpaired) electrons. The third kappa shape index (κ3) is 1.48. The molecular weight excluding hydrogens is 204 g/mol. The van der Waals surface area contributed by atoms with Crippen LogP contribution in [0.2, 0.25) is 0 Å². The van der Waals surface area contributed by atoms with Crippen LogP contribution >= 0.6 is 0 Å². The fraction of sp³-hybridized carbons (Fsp3) is 0.571. The van der Waals surface area contributed by atoms with E-state index in [1.165, 1.54) is 4.90 Å². The van der Waals surface area contributed by atoms with Gasteiger partial charge in [-0.2, -0.15) is 0 Å². The Kier molecular flexibility index (Phi) is 2.19. The van der Waals surface area contributed by atoms with E-state index in [0.29, 0.717) is 19.6 Å². The first kappa shape index (κ1) is 9.71. The fourth-order valence-corrected chi connectivity index (χ4v) is 1.63. The van der Waals surface area contributed by atoms with Crippen LogP contribution in [0, 0.1) is 0 Å². The normalized spacial score (nSPS) is 26.0. The fourth-order valence-electron chi connectivity index (χ4n) is 1.63. The van der Waals surface area contributed by atoms with Crippen LogP contribution in [0.3, 0.4) is 0 Å². The summed E-state index contributed by atoms with van der Waals surface area (Å²) in [5.74, 6) is -1.81. The van der Waals surface area contributed by atoms with E-state index in [2.05, 4.69) is 10.2 Å². The Morgan fingerprint density at radius 3 is 2.93 bits per heavy atom. The van der Waals surface area contributed by atoms with Crippen LogP contribution in [0.4, 0.5) is 4.79 Å². The van der Waals surface area contributed by atoms with Gasteiger partial charge < -0.3 is 20.8 Å². The zero-order valence-electron chi connectivity index (χ0n) is 7.80. The zero-order valence-corrected chi connectivity index (χ0v) is 7.80. The Labute approximate surface area is 84.9 Å². The number of nitrogens with two attached hydrogens (primary N) is 1. The second-order valence-electron chi connectivity index (χ2n) is 3.23. The minimum absolute atomic E-state index is 0.335. The molecule has 2 heterocycles. The van der Waals surface area contributed by atoms with Crippen molar-refractivity contribution in [1.82, 2.24) is 15.3 Å². The average Bonchev–Trinajstić information content (AvgIpc) is 2.23. The predicted molar refractivity (Wildman–Crippen MR) is 45.9 cm³/mol. The molecular formula is C7H10N4O4. The van der Waals surface area contributed by atoms with Crippen molar-refractivity contribution in [3.8, 4) is 0 Å². The van der Waals surface area contributed by atoms with E-state index < -0.39 is 24.1 Å². The van der Waals surface area contributed by atoms with E-state index in [0.717, 1.165) is 5.06 Å². The topological polar surface area (TPSA) is 105 Å².